The van der Waals surface area contributed by atoms with Crippen LogP contribution in [0.3, 0.4) is 0 Å². The first-order chi connectivity index (χ1) is 9.67. The van der Waals surface area contributed by atoms with E-state index in [0.717, 1.165) is 21.9 Å². The Morgan fingerprint density at radius 2 is 1.70 bits per heavy atom. The molecule has 20 heavy (non-hydrogen) atoms. The van der Waals surface area contributed by atoms with Gasteiger partial charge >= 0.3 is 0 Å². The normalized spacial score (nSPS) is 14.9. The van der Waals surface area contributed by atoms with Crippen molar-refractivity contribution in [2.45, 2.75) is 10.6 Å². The monoisotopic (exact) mass is 305 g/mol. The van der Waals surface area contributed by atoms with E-state index in [9.17, 15) is 8.42 Å². The standard InChI is InChI=1S/C15H15NO2S2/c17-20(18,12-13-6-2-1-3-7-13)16-10-11-19-15-9-5-4-8-14(15)16/h1-9H,10-12H2. The molecule has 0 radical (unpaired) electrons. The van der Waals surface area contributed by atoms with E-state index in [1.165, 1.54) is 0 Å². The molecular weight excluding hydrogens is 290 g/mol. The number of rotatable bonds is 3. The van der Waals surface area contributed by atoms with Crippen molar-refractivity contribution in [3.05, 3.63) is 60.2 Å². The van der Waals surface area contributed by atoms with Gasteiger partial charge in [-0.15, -0.1) is 11.8 Å². The van der Waals surface area contributed by atoms with Crippen LogP contribution < -0.4 is 4.31 Å². The summed E-state index contributed by atoms with van der Waals surface area (Å²) in [5.41, 5.74) is 1.63. The quantitative estimate of drug-likeness (QED) is 0.874. The molecule has 0 atom stereocenters. The highest BCUT2D eigenvalue weighted by atomic mass is 32.2. The molecule has 3 nitrogen and oxygen atoms in total. The topological polar surface area (TPSA) is 37.4 Å². The van der Waals surface area contributed by atoms with Gasteiger partial charge in [-0.05, 0) is 17.7 Å². The predicted molar refractivity (Wildman–Crippen MR) is 83.6 cm³/mol. The van der Waals surface area contributed by atoms with Crippen molar-refractivity contribution in [1.29, 1.82) is 0 Å². The number of hydrogen-bond acceptors (Lipinski definition) is 3. The van der Waals surface area contributed by atoms with E-state index in [-0.39, 0.29) is 5.75 Å². The van der Waals surface area contributed by atoms with Crippen LogP contribution in [0.15, 0.2) is 59.5 Å². The summed E-state index contributed by atoms with van der Waals surface area (Å²) < 4.78 is 26.8. The molecule has 0 aliphatic carbocycles. The third-order valence-electron chi connectivity index (χ3n) is 3.21. The Kier molecular flexibility index (Phi) is 3.72. The maximum atomic E-state index is 12.6. The number of thioether (sulfide) groups is 1. The summed E-state index contributed by atoms with van der Waals surface area (Å²) in [5.74, 6) is 0.845. The second-order valence-electron chi connectivity index (χ2n) is 4.63. The van der Waals surface area contributed by atoms with Crippen molar-refractivity contribution in [2.75, 3.05) is 16.6 Å². The second kappa shape index (κ2) is 5.50. The molecule has 2 aromatic rings. The number of fused-ring (bicyclic) bond motifs is 1. The van der Waals surface area contributed by atoms with E-state index in [2.05, 4.69) is 0 Å². The molecule has 5 heteroatoms. The van der Waals surface area contributed by atoms with E-state index >= 15 is 0 Å². The van der Waals surface area contributed by atoms with Crippen LogP contribution in [0.25, 0.3) is 0 Å². The summed E-state index contributed by atoms with van der Waals surface area (Å²) in [7, 11) is -3.33. The predicted octanol–water partition coefficient (Wildman–Crippen LogP) is 3.13. The minimum Gasteiger partial charge on any atom is -0.268 e. The number of anilines is 1. The van der Waals surface area contributed by atoms with E-state index in [0.29, 0.717) is 6.54 Å². The van der Waals surface area contributed by atoms with Crippen LogP contribution in [0.2, 0.25) is 0 Å². The fourth-order valence-electron chi connectivity index (χ4n) is 2.30. The summed E-state index contributed by atoms with van der Waals surface area (Å²) in [6, 6.07) is 17.0. The van der Waals surface area contributed by atoms with E-state index in [1.54, 1.807) is 16.1 Å². The fourth-order valence-corrected chi connectivity index (χ4v) is 5.06. The van der Waals surface area contributed by atoms with Gasteiger partial charge in [0.1, 0.15) is 0 Å². The van der Waals surface area contributed by atoms with Gasteiger partial charge < -0.3 is 0 Å². The lowest BCUT2D eigenvalue weighted by Crippen LogP contribution is -2.36. The van der Waals surface area contributed by atoms with Gasteiger partial charge in [-0.2, -0.15) is 0 Å². The van der Waals surface area contributed by atoms with E-state index < -0.39 is 10.0 Å². The summed E-state index contributed by atoms with van der Waals surface area (Å²) in [4.78, 5) is 1.04. The van der Waals surface area contributed by atoms with Gasteiger partial charge in [-0.25, -0.2) is 8.42 Å². The molecule has 1 aliphatic rings. The molecule has 0 spiro atoms. The molecule has 0 N–H and O–H groups in total. The number of hydrogen-bond donors (Lipinski definition) is 0. The van der Waals surface area contributed by atoms with Crippen molar-refractivity contribution in [1.82, 2.24) is 0 Å². The highest BCUT2D eigenvalue weighted by molar-refractivity contribution is 8.00. The average molecular weight is 305 g/mol. The zero-order chi connectivity index (χ0) is 14.0. The van der Waals surface area contributed by atoms with Gasteiger partial charge in [-0.3, -0.25) is 4.31 Å². The Morgan fingerprint density at radius 3 is 2.50 bits per heavy atom. The van der Waals surface area contributed by atoms with Crippen LogP contribution in [0.4, 0.5) is 5.69 Å². The molecular formula is C15H15NO2S2. The number of sulfonamides is 1. The van der Waals surface area contributed by atoms with Gasteiger partial charge in [0.15, 0.2) is 0 Å². The third-order valence-corrected chi connectivity index (χ3v) is 6.01. The maximum absolute atomic E-state index is 12.6. The number of benzene rings is 2. The highest BCUT2D eigenvalue weighted by Crippen LogP contribution is 2.36. The minimum atomic E-state index is -3.33. The van der Waals surface area contributed by atoms with Gasteiger partial charge in [0.05, 0.1) is 11.4 Å². The largest absolute Gasteiger partial charge is 0.268 e. The molecule has 0 aromatic heterocycles. The Balaban J connectivity index is 1.93. The Hall–Kier alpha value is -1.46. The van der Waals surface area contributed by atoms with Crippen molar-refractivity contribution in [2.24, 2.45) is 0 Å². The van der Waals surface area contributed by atoms with Crippen molar-refractivity contribution in [3.63, 3.8) is 0 Å². The summed E-state index contributed by atoms with van der Waals surface area (Å²) in [6.45, 7) is 0.539. The second-order valence-corrected chi connectivity index (χ2v) is 7.66. The summed E-state index contributed by atoms with van der Waals surface area (Å²) >= 11 is 1.71. The molecule has 1 aliphatic heterocycles. The molecule has 0 bridgehead atoms. The van der Waals surface area contributed by atoms with Crippen LogP contribution in [0.1, 0.15) is 5.56 Å². The molecule has 0 saturated carbocycles. The van der Waals surface area contributed by atoms with Gasteiger partial charge in [0, 0.05) is 17.2 Å². The number of nitrogens with zero attached hydrogens (tertiary/aromatic N) is 1. The smallest absolute Gasteiger partial charge is 0.239 e. The average Bonchev–Trinajstić information content (AvgIpc) is 2.47. The molecule has 104 valence electrons. The SMILES string of the molecule is O=S(=O)(Cc1ccccc1)N1CCSc2ccccc21. The fraction of sp³-hybridized carbons (Fsp3) is 0.200. The van der Waals surface area contributed by atoms with Crippen LogP contribution >= 0.6 is 11.8 Å². The Labute approximate surface area is 123 Å². The van der Waals surface area contributed by atoms with Crippen molar-refractivity contribution < 1.29 is 8.42 Å². The van der Waals surface area contributed by atoms with Crippen molar-refractivity contribution in [3.8, 4) is 0 Å². The lowest BCUT2D eigenvalue weighted by molar-refractivity contribution is 0.590. The van der Waals surface area contributed by atoms with Gasteiger partial charge in [0.25, 0.3) is 0 Å². The van der Waals surface area contributed by atoms with E-state index in [4.69, 9.17) is 0 Å². The van der Waals surface area contributed by atoms with Crippen molar-refractivity contribution >= 4 is 27.5 Å². The zero-order valence-electron chi connectivity index (χ0n) is 10.9. The first kappa shape index (κ1) is 13.5. The Morgan fingerprint density at radius 1 is 1.00 bits per heavy atom. The summed E-state index contributed by atoms with van der Waals surface area (Å²) in [5, 5.41) is 0. The molecule has 2 aromatic carbocycles. The van der Waals surface area contributed by atoms with E-state index in [1.807, 2.05) is 54.6 Å². The third kappa shape index (κ3) is 2.69. The van der Waals surface area contributed by atoms with Crippen LogP contribution in [-0.2, 0) is 15.8 Å². The molecule has 0 unspecified atom stereocenters. The first-order valence-corrected chi connectivity index (χ1v) is 9.02. The maximum Gasteiger partial charge on any atom is 0.239 e. The van der Waals surface area contributed by atoms with Gasteiger partial charge in [0.2, 0.25) is 10.0 Å². The lowest BCUT2D eigenvalue weighted by Gasteiger charge is -2.30. The molecule has 0 fully saturated rings. The Bertz CT molecular complexity index is 699. The molecule has 3 rings (SSSR count). The zero-order valence-corrected chi connectivity index (χ0v) is 12.5. The minimum absolute atomic E-state index is 0.0485. The van der Waals surface area contributed by atoms with Crippen LogP contribution in [-0.4, -0.2) is 20.7 Å². The summed E-state index contributed by atoms with van der Waals surface area (Å²) in [6.07, 6.45) is 0. The number of para-hydroxylation sites is 1. The highest BCUT2D eigenvalue weighted by Gasteiger charge is 2.27. The van der Waals surface area contributed by atoms with Gasteiger partial charge in [-0.1, -0.05) is 42.5 Å². The van der Waals surface area contributed by atoms with Crippen LogP contribution in [0.5, 0.6) is 0 Å². The molecule has 0 saturated heterocycles. The first-order valence-electron chi connectivity index (χ1n) is 6.43. The lowest BCUT2D eigenvalue weighted by atomic mass is 10.2. The van der Waals surface area contributed by atoms with Crippen LogP contribution in [0, 0.1) is 0 Å². The molecule has 0 amide bonds. The molecule has 1 heterocycles.